The number of halogens is 21. The van der Waals surface area contributed by atoms with Crippen LogP contribution in [0.25, 0.3) is 22.2 Å². The van der Waals surface area contributed by atoms with Gasteiger partial charge in [-0.1, -0.05) is 186 Å². The van der Waals surface area contributed by atoms with E-state index in [2.05, 4.69) is 120 Å². The van der Waals surface area contributed by atoms with Gasteiger partial charge >= 0.3 is 13.3 Å². The number of carbonyl (C=O) groups excluding carboxylic acids is 1. The zero-order valence-corrected chi connectivity index (χ0v) is 88.9. The summed E-state index contributed by atoms with van der Waals surface area (Å²) in [5.74, 6) is -3.36. The molecule has 0 fully saturated rings. The minimum absolute atomic E-state index is 0.00741. The number of nitro benzene ring substituents is 3. The number of phenols is 2. The fourth-order valence-corrected chi connectivity index (χ4v) is 22.2. The molecule has 0 bridgehead atoms. The number of alkyl halides is 3. The first kappa shape index (κ1) is 121. The van der Waals surface area contributed by atoms with E-state index in [0.717, 1.165) is 54.9 Å². The number of nitrogens with zero attached hydrogens (tertiary/aromatic N) is 5. The number of methoxy groups -OCH3 is 6. The van der Waals surface area contributed by atoms with Gasteiger partial charge in [-0.2, -0.15) is 18.3 Å². The molecule has 2 aromatic heterocycles. The SMILES string of the molecule is CC(C)[Si](Oc1cc(F)cc(Cl)c1)(C(C)C)C(C)C.COc1c(F)cc(O)cc1Cl.COc1cc(F)c(-c2cc3cc(Br)ccc3[nH]2)c(Cl)c1.COc1cc(F)c(C(=O)Cc2cc(Br)ccc2[N+](=O)[O-])c(Cl)c1.COc1cc(F)c(C(O)Cc2cc(Br)ccc2[N+](=O)[O-])c(Cl)c1.COc1cc(F)c(OC)c(Cl)c1.Cc1cc(Br)ccc1[N+](=O)[O-].Cn1nc(C(F)(F)F)cc1B(O)O.Oc1cc(F)cc(Cl)c1. The van der Waals surface area contributed by atoms with Gasteiger partial charge in [-0.05, 0) is 133 Å². The lowest BCUT2D eigenvalue weighted by atomic mass is 9.86. The maximum absolute atomic E-state index is 14.2. The van der Waals surface area contributed by atoms with E-state index in [-0.39, 0.29) is 128 Å². The molecule has 25 nitrogen and oxygen atoms in total. The fourth-order valence-electron chi connectivity index (χ4n) is 13.4. The van der Waals surface area contributed by atoms with Crippen LogP contribution in [0.15, 0.2) is 200 Å². The molecule has 0 saturated carbocycles. The minimum atomic E-state index is -4.56. The normalized spacial score (nSPS) is 11.0. The molecule has 0 aliphatic rings. The Morgan fingerprint density at radius 1 is 0.489 bits per heavy atom. The summed E-state index contributed by atoms with van der Waals surface area (Å²) in [7, 11) is 5.50. The first-order chi connectivity index (χ1) is 65.9. The number of Topliss-reactive ketones (excluding diaryl/α,β-unsaturated/α-hetero) is 1. The summed E-state index contributed by atoms with van der Waals surface area (Å²) in [6.45, 7) is 14.9. The lowest BCUT2D eigenvalue weighted by molar-refractivity contribution is -0.385. The van der Waals surface area contributed by atoms with Crippen LogP contribution in [0.1, 0.15) is 86.0 Å². The number of hydrogen-bond acceptors (Lipinski definition) is 20. The standard InChI is InChI=1S/C15H12BrClFNO4.C15H10BrClFNO4.C15H10BrClFNO.C15H24ClFOSi.C8H8ClFO2.C7H6BrNO2.C7H6ClFO2.C6H4ClFO.C5H6BF3N2O2/c2*1-23-10-6-11(17)15(12(18)7-10)14(20)5-8-4-9(16)2-3-13(8)19(21)22;1-20-10-6-11(17)15(12(18)7-10)14-5-8-4-9(16)2-3-13(8)19-14;1-10(2)19(11(3)4,12(5)6)18-15-8-13(16)7-14(17)9-15;1-11-5-3-6(9)8(12-2)7(10)4-5;1-5-4-6(8)2-3-7(5)9(10)11;1-11-7-5(8)2-4(10)3-6(7)9;7-4-1-5(8)3-6(9)2-4;1-11-4(6(12)13)2-3(10-11)5(7,8)9/h2-4,6-7,14,20H,5H2,1H3;2-4,6-7H,5H2,1H3;2-7,19H,1H3;7-12H,1-6H3;3-4H,1-2H3;2-4H,1H3;2-3,10H,1H3;1-3,9H;2,12-13H,1H3. The number of aromatic nitrogens is 3. The van der Waals surface area contributed by atoms with Gasteiger partial charge in [0, 0.05) is 154 Å². The highest BCUT2D eigenvalue weighted by atomic mass is 79.9. The Kier molecular flexibility index (Phi) is 48.2. The van der Waals surface area contributed by atoms with Gasteiger partial charge in [0.15, 0.2) is 34.6 Å². The second-order valence-electron chi connectivity index (χ2n) is 30.1. The summed E-state index contributed by atoms with van der Waals surface area (Å²) in [6, 6.07) is 42.1. The topological polar surface area (TPSA) is 346 Å². The van der Waals surface area contributed by atoms with Crippen molar-refractivity contribution in [3.8, 4) is 63.0 Å². The van der Waals surface area contributed by atoms with Gasteiger partial charge in [-0.15, -0.1) is 0 Å². The van der Waals surface area contributed by atoms with E-state index < -0.39 is 83.9 Å². The van der Waals surface area contributed by atoms with Gasteiger partial charge in [-0.3, -0.25) is 39.8 Å². The van der Waals surface area contributed by atoms with Crippen molar-refractivity contribution in [2.75, 3.05) is 42.7 Å². The van der Waals surface area contributed by atoms with Crippen molar-refractivity contribution in [2.45, 2.75) is 90.2 Å². The van der Waals surface area contributed by atoms with E-state index in [1.807, 2.05) is 24.3 Å². The van der Waals surface area contributed by atoms with Crippen LogP contribution in [0, 0.1) is 78.0 Å². The molecule has 13 rings (SSSR count). The van der Waals surface area contributed by atoms with Crippen molar-refractivity contribution in [1.29, 1.82) is 0 Å². The van der Waals surface area contributed by atoms with Gasteiger partial charge in [-0.25, -0.2) is 30.7 Å². The molecular formula is C93H86BBr4Cl7F10N6O19Si. The van der Waals surface area contributed by atoms with E-state index >= 15 is 0 Å². The predicted molar refractivity (Wildman–Crippen MR) is 541 cm³/mol. The summed E-state index contributed by atoms with van der Waals surface area (Å²) in [5.41, 5.74) is 2.29. The van der Waals surface area contributed by atoms with Gasteiger partial charge in [0.25, 0.3) is 25.4 Å². The largest absolute Gasteiger partial charge is 0.543 e. The van der Waals surface area contributed by atoms with Crippen LogP contribution in [0.2, 0.25) is 51.8 Å². The third kappa shape index (κ3) is 35.9. The smallest absolute Gasteiger partial charge is 0.507 e. The average molecular weight is 2390 g/mol. The van der Waals surface area contributed by atoms with Crippen LogP contribution in [-0.4, -0.2) is 119 Å². The molecule has 11 aromatic carbocycles. The summed E-state index contributed by atoms with van der Waals surface area (Å²) in [6.07, 6.45) is -6.40. The first-order valence-corrected chi connectivity index (χ1v) is 48.3. The highest BCUT2D eigenvalue weighted by molar-refractivity contribution is 9.11. The Morgan fingerprint density at radius 2 is 0.915 bits per heavy atom. The number of rotatable bonds is 22. The summed E-state index contributed by atoms with van der Waals surface area (Å²) in [5, 5.41) is 82.5. The number of hydrogen-bond donors (Lipinski definition) is 6. The van der Waals surface area contributed by atoms with Crippen molar-refractivity contribution >= 4 is 200 Å². The molecule has 0 radical (unpaired) electrons. The Bertz CT molecular complexity index is 6350. The van der Waals surface area contributed by atoms with Crippen LogP contribution in [0.4, 0.5) is 61.0 Å². The minimum Gasteiger partial charge on any atom is -0.543 e. The fraction of sp³-hybridized carbons (Fsp3) is 0.226. The number of aromatic amines is 1. The molecule has 1 unspecified atom stereocenters. The molecule has 48 heteroatoms. The molecule has 141 heavy (non-hydrogen) atoms. The lowest BCUT2D eigenvalue weighted by Crippen LogP contribution is -2.50. The maximum atomic E-state index is 14.2. The van der Waals surface area contributed by atoms with Crippen molar-refractivity contribution in [3.63, 3.8) is 0 Å². The van der Waals surface area contributed by atoms with Gasteiger partial charge in [0.05, 0.1) is 111 Å². The monoisotopic (exact) mass is 2380 g/mol. The Hall–Kier alpha value is -10.3. The first-order valence-electron chi connectivity index (χ1n) is 40.3. The van der Waals surface area contributed by atoms with E-state index in [9.17, 15) is 84.1 Å². The molecule has 0 amide bonds. The number of aliphatic hydroxyl groups is 1. The van der Waals surface area contributed by atoms with E-state index in [0.29, 0.717) is 75.7 Å². The van der Waals surface area contributed by atoms with Gasteiger partial charge in [0.1, 0.15) is 69.3 Å². The summed E-state index contributed by atoms with van der Waals surface area (Å²) < 4.78 is 169. The summed E-state index contributed by atoms with van der Waals surface area (Å²) >= 11 is 53.6. The molecule has 0 spiro atoms. The Balaban J connectivity index is 0.000000284. The van der Waals surface area contributed by atoms with Gasteiger partial charge < -0.3 is 63.2 Å². The zero-order valence-electron chi connectivity index (χ0n) is 76.2. The number of aryl methyl sites for hydroxylation is 2. The van der Waals surface area contributed by atoms with E-state index in [4.69, 9.17) is 130 Å². The second-order valence-corrected chi connectivity index (χ2v) is 42.0. The average Bonchev–Trinajstić information content (AvgIpc) is 1.71. The molecule has 756 valence electrons. The third-order valence-electron chi connectivity index (χ3n) is 19.6. The number of ketones is 1. The molecule has 0 aliphatic carbocycles. The predicted octanol–water partition coefficient (Wildman–Crippen LogP) is 29.1. The number of fused-ring (bicyclic) bond motifs is 1. The molecular weight excluding hydrogens is 2300 g/mol. The zero-order chi connectivity index (χ0) is 106. The highest BCUT2D eigenvalue weighted by Gasteiger charge is 2.47. The van der Waals surface area contributed by atoms with Crippen LogP contribution in [-0.2, 0) is 26.1 Å². The number of benzene rings is 11. The maximum Gasteiger partial charge on any atom is 0.507 e. The molecule has 6 N–H and O–H groups in total. The Morgan fingerprint density at radius 3 is 1.34 bits per heavy atom. The van der Waals surface area contributed by atoms with Crippen molar-refractivity contribution in [2.24, 2.45) is 7.05 Å². The number of nitrogens with one attached hydrogen (secondary N) is 1. The second kappa shape index (κ2) is 56.1. The van der Waals surface area contributed by atoms with Crippen LogP contribution in [0.5, 0.6) is 51.7 Å². The molecule has 0 aliphatic heterocycles. The number of nitro groups is 3. The quantitative estimate of drug-likeness (QED) is 0.0121. The highest BCUT2D eigenvalue weighted by Crippen LogP contribution is 2.45. The van der Waals surface area contributed by atoms with Crippen LogP contribution >= 0.6 is 145 Å². The van der Waals surface area contributed by atoms with E-state index in [1.54, 1.807) is 31.2 Å². The van der Waals surface area contributed by atoms with Crippen molar-refractivity contribution in [1.82, 2.24) is 14.8 Å². The molecule has 2 heterocycles. The lowest BCUT2D eigenvalue weighted by Gasteiger charge is -2.42. The van der Waals surface area contributed by atoms with Gasteiger partial charge in [0.2, 0.25) is 0 Å². The number of aromatic hydroxyl groups is 2. The molecule has 1 atom stereocenters. The number of ether oxygens (including phenoxy) is 6. The van der Waals surface area contributed by atoms with Crippen LogP contribution < -0.4 is 38.4 Å². The molecule has 0 saturated heterocycles. The third-order valence-corrected chi connectivity index (χ3v) is 29.5. The van der Waals surface area contributed by atoms with Crippen molar-refractivity contribution < 1.29 is 122 Å². The van der Waals surface area contributed by atoms with E-state index in [1.165, 1.54) is 147 Å². The Labute approximate surface area is 871 Å². The number of phenolic OH excluding ortho intramolecular Hbond substituents is 2. The van der Waals surface area contributed by atoms with Crippen LogP contribution in [0.3, 0.4) is 0 Å². The van der Waals surface area contributed by atoms with Crippen molar-refractivity contribution in [3.05, 3.63) is 340 Å². The summed E-state index contributed by atoms with van der Waals surface area (Å²) in [4.78, 5) is 46.4. The number of carbonyl (C=O) groups is 1. The number of aliphatic hydroxyl groups excluding tert-OH is 1. The molecule has 13 aromatic rings. The number of H-pyrrole nitrogens is 1.